The average Bonchev–Trinajstić information content (AvgIpc) is 2.86. The molecule has 1 aliphatic heterocycles. The number of rotatable bonds is 4. The van der Waals surface area contributed by atoms with E-state index < -0.39 is 0 Å². The number of amides is 2. The highest BCUT2D eigenvalue weighted by Gasteiger charge is 2.33. The summed E-state index contributed by atoms with van der Waals surface area (Å²) in [7, 11) is 0. The fraction of sp³-hybridized carbons (Fsp3) is 0.556. The predicted molar refractivity (Wildman–Crippen MR) is 85.3 cm³/mol. The van der Waals surface area contributed by atoms with E-state index in [1.54, 1.807) is 0 Å². The Balaban J connectivity index is 1.56. The monoisotopic (exact) mass is 300 g/mol. The van der Waals surface area contributed by atoms with Crippen LogP contribution >= 0.6 is 0 Å². The first-order valence-corrected chi connectivity index (χ1v) is 8.24. The van der Waals surface area contributed by atoms with Crippen LogP contribution in [0.25, 0.3) is 0 Å². The van der Waals surface area contributed by atoms with Crippen LogP contribution in [-0.4, -0.2) is 17.4 Å². The summed E-state index contributed by atoms with van der Waals surface area (Å²) in [6, 6.07) is 8.52. The molecule has 2 aliphatic rings. The second-order valence-corrected chi connectivity index (χ2v) is 6.82. The van der Waals surface area contributed by atoms with E-state index >= 15 is 0 Å². The lowest BCUT2D eigenvalue weighted by molar-refractivity contribution is -0.123. The summed E-state index contributed by atoms with van der Waals surface area (Å²) in [4.78, 5) is 23.6. The zero-order valence-electron chi connectivity index (χ0n) is 13.2. The van der Waals surface area contributed by atoms with Crippen molar-refractivity contribution in [2.45, 2.75) is 63.5 Å². The van der Waals surface area contributed by atoms with Gasteiger partial charge in [-0.15, -0.1) is 0 Å². The average molecular weight is 300 g/mol. The maximum Gasteiger partial charge on any atom is 0.220 e. The van der Waals surface area contributed by atoms with Crippen molar-refractivity contribution in [1.82, 2.24) is 10.6 Å². The summed E-state index contributed by atoms with van der Waals surface area (Å²) in [5.41, 5.74) is 2.41. The molecule has 0 aromatic heterocycles. The van der Waals surface area contributed by atoms with E-state index in [1.165, 1.54) is 11.1 Å². The van der Waals surface area contributed by atoms with Crippen molar-refractivity contribution >= 4 is 11.8 Å². The van der Waals surface area contributed by atoms with Crippen LogP contribution in [0.5, 0.6) is 0 Å². The molecule has 1 aliphatic carbocycles. The lowest BCUT2D eigenvalue weighted by atomic mass is 9.87. The molecule has 2 amide bonds. The lowest BCUT2D eigenvalue weighted by Crippen LogP contribution is -2.40. The molecule has 0 unspecified atom stereocenters. The summed E-state index contributed by atoms with van der Waals surface area (Å²) < 4.78 is 0. The van der Waals surface area contributed by atoms with Crippen molar-refractivity contribution in [3.63, 3.8) is 0 Å². The molecule has 3 rings (SSSR count). The Morgan fingerprint density at radius 2 is 2.18 bits per heavy atom. The second-order valence-electron chi connectivity index (χ2n) is 6.82. The Labute approximate surface area is 131 Å². The highest BCUT2D eigenvalue weighted by atomic mass is 16.2. The van der Waals surface area contributed by atoms with Crippen molar-refractivity contribution in [3.8, 4) is 0 Å². The van der Waals surface area contributed by atoms with Crippen molar-refractivity contribution in [3.05, 3.63) is 35.4 Å². The summed E-state index contributed by atoms with van der Waals surface area (Å²) in [5.74, 6) is 0.188. The highest BCUT2D eigenvalue weighted by Crippen LogP contribution is 2.30. The number of fused-ring (bicyclic) bond motifs is 1. The summed E-state index contributed by atoms with van der Waals surface area (Å²) >= 11 is 0. The van der Waals surface area contributed by atoms with Gasteiger partial charge in [-0.05, 0) is 50.2 Å². The SMILES string of the molecule is C[C@@]1(CCC(=O)N[C@H]2CCCc3ccccc32)CCC(=O)N1. The van der Waals surface area contributed by atoms with Gasteiger partial charge in [0.1, 0.15) is 0 Å². The first kappa shape index (κ1) is 15.1. The summed E-state index contributed by atoms with van der Waals surface area (Å²) in [6.07, 6.45) is 5.81. The van der Waals surface area contributed by atoms with Gasteiger partial charge < -0.3 is 10.6 Å². The Bertz CT molecular complexity index is 584. The van der Waals surface area contributed by atoms with Crippen LogP contribution in [-0.2, 0) is 16.0 Å². The molecule has 4 heteroatoms. The molecule has 1 aromatic rings. The number of carbonyl (C=O) groups is 2. The van der Waals surface area contributed by atoms with Gasteiger partial charge in [0.25, 0.3) is 0 Å². The molecule has 22 heavy (non-hydrogen) atoms. The summed E-state index contributed by atoms with van der Waals surface area (Å²) in [6.45, 7) is 2.03. The van der Waals surface area contributed by atoms with E-state index in [0.717, 1.165) is 25.7 Å². The van der Waals surface area contributed by atoms with Crippen molar-refractivity contribution in [2.24, 2.45) is 0 Å². The fourth-order valence-corrected chi connectivity index (χ4v) is 3.60. The van der Waals surface area contributed by atoms with Gasteiger partial charge in [0.2, 0.25) is 11.8 Å². The number of aryl methyl sites for hydroxylation is 1. The molecule has 1 fully saturated rings. The smallest absolute Gasteiger partial charge is 0.220 e. The second kappa shape index (κ2) is 6.11. The van der Waals surface area contributed by atoms with Crippen molar-refractivity contribution in [2.75, 3.05) is 0 Å². The third-order valence-electron chi connectivity index (χ3n) is 4.95. The van der Waals surface area contributed by atoms with Gasteiger partial charge in [-0.1, -0.05) is 24.3 Å². The Morgan fingerprint density at radius 3 is 2.95 bits per heavy atom. The lowest BCUT2D eigenvalue weighted by Gasteiger charge is -2.27. The maximum absolute atomic E-state index is 12.3. The number of carbonyl (C=O) groups excluding carboxylic acids is 2. The molecular weight excluding hydrogens is 276 g/mol. The molecule has 1 heterocycles. The molecule has 118 valence electrons. The predicted octanol–water partition coefficient (Wildman–Crippen LogP) is 2.63. The van der Waals surface area contributed by atoms with Crippen molar-refractivity contribution < 1.29 is 9.59 Å². The zero-order chi connectivity index (χ0) is 15.6. The highest BCUT2D eigenvalue weighted by molar-refractivity contribution is 5.80. The topological polar surface area (TPSA) is 58.2 Å². The molecule has 2 atom stereocenters. The van der Waals surface area contributed by atoms with Gasteiger partial charge >= 0.3 is 0 Å². The van der Waals surface area contributed by atoms with Crippen LogP contribution in [0.2, 0.25) is 0 Å². The van der Waals surface area contributed by atoms with E-state index in [9.17, 15) is 9.59 Å². The largest absolute Gasteiger partial charge is 0.351 e. The van der Waals surface area contributed by atoms with Gasteiger partial charge in [-0.2, -0.15) is 0 Å². The van der Waals surface area contributed by atoms with Gasteiger partial charge in [0.05, 0.1) is 6.04 Å². The first-order valence-electron chi connectivity index (χ1n) is 8.24. The molecular formula is C18H24N2O2. The minimum atomic E-state index is -0.209. The molecule has 1 aromatic carbocycles. The van der Waals surface area contributed by atoms with E-state index in [-0.39, 0.29) is 23.4 Å². The first-order chi connectivity index (χ1) is 10.6. The molecule has 1 saturated heterocycles. The van der Waals surface area contributed by atoms with Crippen LogP contribution in [0.4, 0.5) is 0 Å². The number of nitrogens with one attached hydrogen (secondary N) is 2. The van der Waals surface area contributed by atoms with Crippen LogP contribution in [0.1, 0.15) is 62.6 Å². The minimum absolute atomic E-state index is 0.0871. The molecule has 0 saturated carbocycles. The molecule has 2 N–H and O–H groups in total. The molecule has 4 nitrogen and oxygen atoms in total. The van der Waals surface area contributed by atoms with Crippen LogP contribution in [0, 0.1) is 0 Å². The summed E-state index contributed by atoms with van der Waals surface area (Å²) in [5, 5.41) is 6.16. The van der Waals surface area contributed by atoms with E-state index in [4.69, 9.17) is 0 Å². The van der Waals surface area contributed by atoms with Gasteiger partial charge in [0.15, 0.2) is 0 Å². The molecule has 0 spiro atoms. The Hall–Kier alpha value is -1.84. The molecule has 0 radical (unpaired) electrons. The number of benzene rings is 1. The Morgan fingerprint density at radius 1 is 1.36 bits per heavy atom. The third kappa shape index (κ3) is 3.32. The van der Waals surface area contributed by atoms with Gasteiger partial charge in [-0.3, -0.25) is 9.59 Å². The molecule has 0 bridgehead atoms. The standard InChI is InChI=1S/C18H24N2O2/c1-18(12-10-17(22)20-18)11-9-16(21)19-15-8-4-6-13-5-2-3-7-14(13)15/h2-3,5,7,15H,4,6,8-12H2,1H3,(H,19,21)(H,20,22)/t15-,18+/m0/s1. The van der Waals surface area contributed by atoms with Crippen LogP contribution < -0.4 is 10.6 Å². The van der Waals surface area contributed by atoms with Gasteiger partial charge in [0, 0.05) is 18.4 Å². The van der Waals surface area contributed by atoms with Gasteiger partial charge in [-0.25, -0.2) is 0 Å². The normalized spacial score (nSPS) is 27.1. The number of hydrogen-bond donors (Lipinski definition) is 2. The van der Waals surface area contributed by atoms with E-state index in [0.29, 0.717) is 19.3 Å². The van der Waals surface area contributed by atoms with Crippen molar-refractivity contribution in [1.29, 1.82) is 0 Å². The fourth-order valence-electron chi connectivity index (χ4n) is 3.60. The number of hydrogen-bond acceptors (Lipinski definition) is 2. The van der Waals surface area contributed by atoms with E-state index in [2.05, 4.69) is 28.8 Å². The minimum Gasteiger partial charge on any atom is -0.351 e. The quantitative estimate of drug-likeness (QED) is 0.898. The Kier molecular flexibility index (Phi) is 4.19. The van der Waals surface area contributed by atoms with E-state index in [1.807, 2.05) is 13.0 Å². The maximum atomic E-state index is 12.3. The van der Waals surface area contributed by atoms with Crippen LogP contribution in [0.15, 0.2) is 24.3 Å². The zero-order valence-corrected chi connectivity index (χ0v) is 13.2. The third-order valence-corrected chi connectivity index (χ3v) is 4.95. The van der Waals surface area contributed by atoms with Crippen LogP contribution in [0.3, 0.4) is 0 Å².